The fraction of sp³-hybridized carbons (Fsp3) is 0.500. The molecule has 0 spiro atoms. The molecule has 0 aliphatic rings. The Morgan fingerprint density at radius 2 is 2.21 bits per heavy atom. The van der Waals surface area contributed by atoms with Gasteiger partial charge in [0.25, 0.3) is 0 Å². The second kappa shape index (κ2) is 5.12. The summed E-state index contributed by atoms with van der Waals surface area (Å²) in [6.07, 6.45) is 1.04. The number of thiophene rings is 1. The molecule has 0 aliphatic heterocycles. The van der Waals surface area contributed by atoms with Crippen LogP contribution in [0.15, 0.2) is 12.1 Å². The maximum absolute atomic E-state index is 10.5. The van der Waals surface area contributed by atoms with E-state index < -0.39 is 12.0 Å². The largest absolute Gasteiger partial charge is 0.480 e. The van der Waals surface area contributed by atoms with Gasteiger partial charge in [-0.2, -0.15) is 0 Å². The molecule has 1 aromatic rings. The molecule has 78 valence electrons. The molecular weight excluding hydrogens is 198 g/mol. The van der Waals surface area contributed by atoms with E-state index in [1.165, 1.54) is 9.75 Å². The van der Waals surface area contributed by atoms with Gasteiger partial charge in [-0.15, -0.1) is 11.3 Å². The third-order valence-electron chi connectivity index (χ3n) is 2.02. The Labute approximate surface area is 87.8 Å². The van der Waals surface area contributed by atoms with Crippen molar-refractivity contribution in [1.29, 1.82) is 0 Å². The predicted octanol–water partition coefficient (Wildman–Crippen LogP) is 1.87. The second-order valence-corrected chi connectivity index (χ2v) is 4.42. The van der Waals surface area contributed by atoms with Crippen molar-refractivity contribution in [3.05, 3.63) is 21.9 Å². The number of aliphatic carboxylic acids is 1. The number of rotatable bonds is 5. The number of hydrogen-bond donors (Lipinski definition) is 2. The first-order chi connectivity index (χ1) is 6.63. The molecule has 1 aromatic heterocycles. The average Bonchev–Trinajstić information content (AvgIpc) is 2.61. The summed E-state index contributed by atoms with van der Waals surface area (Å²) in [5.74, 6) is -0.808. The van der Waals surface area contributed by atoms with Crippen molar-refractivity contribution in [1.82, 2.24) is 5.32 Å². The molecule has 1 heterocycles. The monoisotopic (exact) mass is 213 g/mol. The van der Waals surface area contributed by atoms with Crippen LogP contribution in [-0.2, 0) is 17.8 Å². The van der Waals surface area contributed by atoms with Crippen LogP contribution in [0.4, 0.5) is 0 Å². The SMILES string of the molecule is CCc1ccc(CN[C@H](C)C(=O)O)s1. The van der Waals surface area contributed by atoms with Crippen molar-refractivity contribution in [3.63, 3.8) is 0 Å². The minimum absolute atomic E-state index is 0.484. The third-order valence-corrected chi connectivity index (χ3v) is 3.25. The van der Waals surface area contributed by atoms with Crippen LogP contribution in [0.25, 0.3) is 0 Å². The van der Waals surface area contributed by atoms with E-state index in [-0.39, 0.29) is 0 Å². The van der Waals surface area contributed by atoms with Crippen LogP contribution in [0, 0.1) is 0 Å². The molecule has 3 nitrogen and oxygen atoms in total. The zero-order valence-electron chi connectivity index (χ0n) is 8.41. The van der Waals surface area contributed by atoms with Crippen molar-refractivity contribution in [3.8, 4) is 0 Å². The summed E-state index contributed by atoms with van der Waals surface area (Å²) in [4.78, 5) is 13.1. The zero-order valence-corrected chi connectivity index (χ0v) is 9.23. The molecule has 1 rings (SSSR count). The maximum atomic E-state index is 10.5. The van der Waals surface area contributed by atoms with E-state index >= 15 is 0 Å². The molecular formula is C10H15NO2S. The summed E-state index contributed by atoms with van der Waals surface area (Å²) in [6, 6.07) is 3.65. The van der Waals surface area contributed by atoms with E-state index in [9.17, 15) is 4.79 Å². The van der Waals surface area contributed by atoms with Crippen LogP contribution in [-0.4, -0.2) is 17.1 Å². The average molecular weight is 213 g/mol. The van der Waals surface area contributed by atoms with Crippen molar-refractivity contribution >= 4 is 17.3 Å². The van der Waals surface area contributed by atoms with Crippen LogP contribution >= 0.6 is 11.3 Å². The Hall–Kier alpha value is -0.870. The van der Waals surface area contributed by atoms with Crippen LogP contribution in [0.3, 0.4) is 0 Å². The predicted molar refractivity (Wildman–Crippen MR) is 57.6 cm³/mol. The highest BCUT2D eigenvalue weighted by atomic mass is 32.1. The summed E-state index contributed by atoms with van der Waals surface area (Å²) in [7, 11) is 0. The Morgan fingerprint density at radius 3 is 2.71 bits per heavy atom. The molecule has 1 atom stereocenters. The molecule has 4 heteroatoms. The molecule has 14 heavy (non-hydrogen) atoms. The van der Waals surface area contributed by atoms with Crippen molar-refractivity contribution in [2.75, 3.05) is 0 Å². The topological polar surface area (TPSA) is 49.3 Å². The van der Waals surface area contributed by atoms with Gasteiger partial charge in [0.15, 0.2) is 0 Å². The molecule has 0 amide bonds. The Morgan fingerprint density at radius 1 is 1.57 bits per heavy atom. The Balaban J connectivity index is 2.41. The molecule has 2 N–H and O–H groups in total. The van der Waals surface area contributed by atoms with Crippen LogP contribution in [0.5, 0.6) is 0 Å². The van der Waals surface area contributed by atoms with Crippen molar-refractivity contribution < 1.29 is 9.90 Å². The molecule has 0 fully saturated rings. The van der Waals surface area contributed by atoms with E-state index in [1.807, 2.05) is 6.07 Å². The summed E-state index contributed by atoms with van der Waals surface area (Å²) < 4.78 is 0. The first-order valence-electron chi connectivity index (χ1n) is 4.67. The standard InChI is InChI=1S/C10H15NO2S/c1-3-8-4-5-9(14-8)6-11-7(2)10(12)13/h4-5,7,11H,3,6H2,1-2H3,(H,12,13)/t7-/m1/s1. The van der Waals surface area contributed by atoms with E-state index in [2.05, 4.69) is 18.3 Å². The highest BCUT2D eigenvalue weighted by Gasteiger charge is 2.09. The van der Waals surface area contributed by atoms with Crippen LogP contribution in [0.2, 0.25) is 0 Å². The maximum Gasteiger partial charge on any atom is 0.320 e. The number of aryl methyl sites for hydroxylation is 1. The number of nitrogens with one attached hydrogen (secondary N) is 1. The fourth-order valence-electron chi connectivity index (χ4n) is 1.05. The molecule has 0 unspecified atom stereocenters. The van der Waals surface area contributed by atoms with E-state index in [1.54, 1.807) is 18.3 Å². The van der Waals surface area contributed by atoms with Crippen LogP contribution in [0.1, 0.15) is 23.6 Å². The highest BCUT2D eigenvalue weighted by Crippen LogP contribution is 2.16. The van der Waals surface area contributed by atoms with Gasteiger partial charge in [0.05, 0.1) is 0 Å². The molecule has 0 radical (unpaired) electrons. The van der Waals surface area contributed by atoms with Gasteiger partial charge in [0.2, 0.25) is 0 Å². The first kappa shape index (κ1) is 11.2. The summed E-state index contributed by atoms with van der Waals surface area (Å²) >= 11 is 1.73. The Bertz CT molecular complexity index is 309. The van der Waals surface area contributed by atoms with Gasteiger partial charge < -0.3 is 5.11 Å². The van der Waals surface area contributed by atoms with Gasteiger partial charge in [-0.3, -0.25) is 10.1 Å². The normalized spacial score (nSPS) is 12.7. The first-order valence-corrected chi connectivity index (χ1v) is 5.49. The van der Waals surface area contributed by atoms with E-state index in [0.717, 1.165) is 6.42 Å². The minimum Gasteiger partial charge on any atom is -0.480 e. The van der Waals surface area contributed by atoms with E-state index in [4.69, 9.17) is 5.11 Å². The molecule has 0 aromatic carbocycles. The lowest BCUT2D eigenvalue weighted by Crippen LogP contribution is -2.32. The van der Waals surface area contributed by atoms with Gasteiger partial charge in [0.1, 0.15) is 6.04 Å². The lowest BCUT2D eigenvalue weighted by molar-refractivity contribution is -0.139. The van der Waals surface area contributed by atoms with Gasteiger partial charge in [-0.05, 0) is 25.5 Å². The zero-order chi connectivity index (χ0) is 10.6. The quantitative estimate of drug-likeness (QED) is 0.785. The lowest BCUT2D eigenvalue weighted by Gasteiger charge is -2.06. The molecule has 0 saturated carbocycles. The number of carboxylic acids is 1. The fourth-order valence-corrected chi connectivity index (χ4v) is 1.96. The molecule has 0 aliphatic carbocycles. The summed E-state index contributed by atoms with van der Waals surface area (Å²) in [6.45, 7) is 4.40. The van der Waals surface area contributed by atoms with E-state index in [0.29, 0.717) is 6.54 Å². The van der Waals surface area contributed by atoms with Crippen LogP contribution < -0.4 is 5.32 Å². The highest BCUT2D eigenvalue weighted by molar-refractivity contribution is 7.11. The second-order valence-electron chi connectivity index (χ2n) is 3.16. The number of hydrogen-bond acceptors (Lipinski definition) is 3. The smallest absolute Gasteiger partial charge is 0.320 e. The van der Waals surface area contributed by atoms with Gasteiger partial charge >= 0.3 is 5.97 Å². The third kappa shape index (κ3) is 3.12. The lowest BCUT2D eigenvalue weighted by atomic mass is 10.3. The minimum atomic E-state index is -0.808. The van der Waals surface area contributed by atoms with Gasteiger partial charge in [-0.25, -0.2) is 0 Å². The molecule has 0 bridgehead atoms. The summed E-state index contributed by atoms with van der Waals surface area (Å²) in [5.41, 5.74) is 0. The number of carboxylic acid groups (broad SMARTS) is 1. The summed E-state index contributed by atoms with van der Waals surface area (Å²) in [5, 5.41) is 11.6. The Kier molecular flexibility index (Phi) is 4.10. The van der Waals surface area contributed by atoms with Gasteiger partial charge in [-0.1, -0.05) is 6.92 Å². The van der Waals surface area contributed by atoms with Gasteiger partial charge in [0, 0.05) is 16.3 Å². The molecule has 0 saturated heterocycles. The van der Waals surface area contributed by atoms with Crippen molar-refractivity contribution in [2.24, 2.45) is 0 Å². The number of carbonyl (C=O) groups is 1. The van der Waals surface area contributed by atoms with Crippen molar-refractivity contribution in [2.45, 2.75) is 32.9 Å².